The molecule has 3 atom stereocenters. The number of nitriles is 1. The molecule has 2 amide bonds. The first-order valence-corrected chi connectivity index (χ1v) is 11.0. The van der Waals surface area contributed by atoms with Gasteiger partial charge < -0.3 is 14.7 Å². The van der Waals surface area contributed by atoms with E-state index in [4.69, 9.17) is 5.26 Å². The van der Waals surface area contributed by atoms with Crippen LogP contribution in [0, 0.1) is 23.3 Å². The van der Waals surface area contributed by atoms with E-state index in [2.05, 4.69) is 17.1 Å². The van der Waals surface area contributed by atoms with E-state index >= 15 is 0 Å². The molecule has 0 aliphatic carbocycles. The Hall–Kier alpha value is -3.38. The highest BCUT2D eigenvalue weighted by Crippen LogP contribution is 2.32. The van der Waals surface area contributed by atoms with Crippen molar-refractivity contribution in [1.82, 2.24) is 20.2 Å². The molecule has 3 aliphatic rings. The Morgan fingerprint density at radius 3 is 2.41 bits per heavy atom. The number of piperidine rings is 1. The van der Waals surface area contributed by atoms with E-state index in [-0.39, 0.29) is 12.5 Å². The predicted octanol–water partition coefficient (Wildman–Crippen LogP) is 1.15. The minimum absolute atomic E-state index is 0.0432. The summed E-state index contributed by atoms with van der Waals surface area (Å²) in [5.74, 6) is -1.07. The molecule has 0 bridgehead atoms. The molecule has 9 nitrogen and oxygen atoms in total. The molecule has 3 heterocycles. The number of hydroxylamine groups is 1. The van der Waals surface area contributed by atoms with Gasteiger partial charge in [-0.3, -0.25) is 14.8 Å². The molecule has 9 heteroatoms. The lowest BCUT2D eigenvalue weighted by Crippen LogP contribution is -2.55. The number of hydrogen-bond acceptors (Lipinski definition) is 5. The molecular formula is C23H28N6O3. The Kier molecular flexibility index (Phi) is 6.71. The highest BCUT2D eigenvalue weighted by Gasteiger charge is 2.43. The first-order valence-electron chi connectivity index (χ1n) is 11.0. The Balaban J connectivity index is 1.47. The van der Waals surface area contributed by atoms with Crippen molar-refractivity contribution < 1.29 is 14.8 Å². The quantitative estimate of drug-likeness (QED) is 0.184. The maximum atomic E-state index is 13.4. The van der Waals surface area contributed by atoms with Crippen molar-refractivity contribution in [3.05, 3.63) is 48.0 Å². The number of carbonyl (C=O) groups excluding carboxylic acids is 2. The smallest absolute Gasteiger partial charge is 0.249 e. The maximum Gasteiger partial charge on any atom is 0.249 e. The maximum absolute atomic E-state index is 13.4. The van der Waals surface area contributed by atoms with Gasteiger partial charge in [0.25, 0.3) is 0 Å². The summed E-state index contributed by atoms with van der Waals surface area (Å²) in [5.41, 5.74) is 2.96. The van der Waals surface area contributed by atoms with Crippen LogP contribution in [0.3, 0.4) is 0 Å². The van der Waals surface area contributed by atoms with Crippen LogP contribution >= 0.6 is 0 Å². The van der Waals surface area contributed by atoms with E-state index in [0.29, 0.717) is 51.0 Å². The molecule has 2 N–H and O–H groups in total. The molecule has 4 rings (SSSR count). The number of guanidine groups is 1. The van der Waals surface area contributed by atoms with Crippen LogP contribution in [0.4, 0.5) is 0 Å². The summed E-state index contributed by atoms with van der Waals surface area (Å²) in [6.45, 7) is 3.31. The van der Waals surface area contributed by atoms with E-state index < -0.39 is 17.7 Å². The van der Waals surface area contributed by atoms with Crippen molar-refractivity contribution in [2.45, 2.75) is 18.8 Å². The molecule has 0 aromatic heterocycles. The first-order chi connectivity index (χ1) is 15.6. The summed E-state index contributed by atoms with van der Waals surface area (Å²) in [6.07, 6.45) is 7.19. The number of amides is 2. The minimum atomic E-state index is -0.725. The zero-order chi connectivity index (χ0) is 22.5. The molecule has 1 aromatic carbocycles. The van der Waals surface area contributed by atoms with Gasteiger partial charge in [0.15, 0.2) is 0 Å². The van der Waals surface area contributed by atoms with Crippen molar-refractivity contribution >= 4 is 17.8 Å². The molecule has 0 unspecified atom stereocenters. The van der Waals surface area contributed by atoms with Crippen LogP contribution in [0.15, 0.2) is 47.5 Å². The second-order valence-corrected chi connectivity index (χ2v) is 8.49. The van der Waals surface area contributed by atoms with Crippen molar-refractivity contribution in [3.8, 4) is 6.19 Å². The van der Waals surface area contributed by atoms with Gasteiger partial charge in [0.05, 0.1) is 11.8 Å². The third kappa shape index (κ3) is 4.46. The SMILES string of the molecule is N#C/N=C(\N1CC=CC1)N1CC[C@H](C(=O)N2CC[C@H](c3ccccc3)C2)[C@@H](C(=O)NO)C1. The van der Waals surface area contributed by atoms with E-state index in [0.717, 1.165) is 6.42 Å². The molecule has 2 saturated heterocycles. The summed E-state index contributed by atoms with van der Waals surface area (Å²) >= 11 is 0. The Labute approximate surface area is 187 Å². The predicted molar refractivity (Wildman–Crippen MR) is 117 cm³/mol. The number of rotatable bonds is 3. The van der Waals surface area contributed by atoms with Crippen LogP contribution in [0.2, 0.25) is 0 Å². The molecular weight excluding hydrogens is 408 g/mol. The number of nitrogens with zero attached hydrogens (tertiary/aromatic N) is 5. The summed E-state index contributed by atoms with van der Waals surface area (Å²) in [7, 11) is 0. The lowest BCUT2D eigenvalue weighted by Gasteiger charge is -2.41. The number of nitrogens with one attached hydrogen (secondary N) is 1. The highest BCUT2D eigenvalue weighted by atomic mass is 16.5. The fourth-order valence-electron chi connectivity index (χ4n) is 5.00. The largest absolute Gasteiger partial charge is 0.342 e. The van der Waals surface area contributed by atoms with Gasteiger partial charge >= 0.3 is 0 Å². The summed E-state index contributed by atoms with van der Waals surface area (Å²) in [4.78, 5) is 35.6. The zero-order valence-corrected chi connectivity index (χ0v) is 17.9. The van der Waals surface area contributed by atoms with Gasteiger partial charge in [-0.1, -0.05) is 42.5 Å². The van der Waals surface area contributed by atoms with Gasteiger partial charge in [0, 0.05) is 45.2 Å². The van der Waals surface area contributed by atoms with Crippen LogP contribution < -0.4 is 5.48 Å². The number of likely N-dealkylation sites (tertiary alicyclic amines) is 2. The normalized spacial score (nSPS) is 25.7. The van der Waals surface area contributed by atoms with Gasteiger partial charge in [-0.2, -0.15) is 5.26 Å². The molecule has 0 spiro atoms. The number of carbonyl (C=O) groups is 2. The van der Waals surface area contributed by atoms with E-state index in [9.17, 15) is 14.8 Å². The molecule has 168 valence electrons. The third-order valence-electron chi connectivity index (χ3n) is 6.68. The van der Waals surface area contributed by atoms with E-state index in [1.165, 1.54) is 5.56 Å². The first kappa shape index (κ1) is 21.8. The molecule has 32 heavy (non-hydrogen) atoms. The van der Waals surface area contributed by atoms with Crippen molar-refractivity contribution in [3.63, 3.8) is 0 Å². The third-order valence-corrected chi connectivity index (χ3v) is 6.68. The Morgan fingerprint density at radius 2 is 1.72 bits per heavy atom. The van der Waals surface area contributed by atoms with Gasteiger partial charge in [0.2, 0.25) is 24.0 Å². The Bertz CT molecular complexity index is 933. The monoisotopic (exact) mass is 436 g/mol. The van der Waals surface area contributed by atoms with Crippen molar-refractivity contribution in [2.75, 3.05) is 39.3 Å². The number of aliphatic imine (C=N–C) groups is 1. The molecule has 0 radical (unpaired) electrons. The second-order valence-electron chi connectivity index (χ2n) is 8.49. The summed E-state index contributed by atoms with van der Waals surface area (Å²) in [6, 6.07) is 10.2. The van der Waals surface area contributed by atoms with Crippen LogP contribution in [0.1, 0.15) is 24.3 Å². The van der Waals surface area contributed by atoms with Gasteiger partial charge in [-0.25, -0.2) is 5.48 Å². The average molecular weight is 437 g/mol. The Morgan fingerprint density at radius 1 is 1.00 bits per heavy atom. The van der Waals surface area contributed by atoms with E-state index in [1.807, 2.05) is 51.2 Å². The van der Waals surface area contributed by atoms with Crippen molar-refractivity contribution in [2.24, 2.45) is 16.8 Å². The lowest BCUT2D eigenvalue weighted by molar-refractivity contribution is -0.147. The van der Waals surface area contributed by atoms with Gasteiger partial charge in [-0.15, -0.1) is 4.99 Å². The second kappa shape index (κ2) is 9.83. The molecule has 0 saturated carbocycles. The summed E-state index contributed by atoms with van der Waals surface area (Å²) < 4.78 is 0. The molecule has 2 fully saturated rings. The van der Waals surface area contributed by atoms with Gasteiger partial charge in [0.1, 0.15) is 0 Å². The van der Waals surface area contributed by atoms with Crippen LogP contribution in [-0.4, -0.2) is 76.9 Å². The fourth-order valence-corrected chi connectivity index (χ4v) is 5.00. The standard InChI is InChI=1S/C23H28N6O3/c24-16-25-23(27-10-4-5-11-27)29-13-9-19(20(15-29)21(30)26-32)22(31)28-12-8-18(14-28)17-6-2-1-3-7-17/h1-7,18-20,32H,8-15H2,(H,26,30)/b25-23+/t18-,19-,20-/m0/s1. The molecule has 3 aliphatic heterocycles. The fraction of sp³-hybridized carbons (Fsp3) is 0.478. The highest BCUT2D eigenvalue weighted by molar-refractivity contribution is 5.89. The van der Waals surface area contributed by atoms with Crippen LogP contribution in [-0.2, 0) is 9.59 Å². The van der Waals surface area contributed by atoms with Crippen LogP contribution in [0.25, 0.3) is 0 Å². The number of benzene rings is 1. The molecule has 1 aromatic rings. The van der Waals surface area contributed by atoms with Gasteiger partial charge in [-0.05, 0) is 18.4 Å². The summed E-state index contributed by atoms with van der Waals surface area (Å²) in [5, 5.41) is 18.5. The number of hydrogen-bond donors (Lipinski definition) is 2. The van der Waals surface area contributed by atoms with E-state index in [1.54, 1.807) is 5.48 Å². The minimum Gasteiger partial charge on any atom is -0.342 e. The topological polar surface area (TPSA) is 112 Å². The zero-order valence-electron chi connectivity index (χ0n) is 17.9. The van der Waals surface area contributed by atoms with Crippen molar-refractivity contribution in [1.29, 1.82) is 5.26 Å². The lowest BCUT2D eigenvalue weighted by atomic mass is 9.83. The average Bonchev–Trinajstić information content (AvgIpc) is 3.54. The van der Waals surface area contributed by atoms with Crippen LogP contribution in [0.5, 0.6) is 0 Å².